The molecule has 1 aromatic carbocycles. The van der Waals surface area contributed by atoms with Gasteiger partial charge in [0, 0.05) is 12.1 Å². The molecule has 15 heavy (non-hydrogen) atoms. The van der Waals surface area contributed by atoms with E-state index in [2.05, 4.69) is 57.3 Å². The van der Waals surface area contributed by atoms with Crippen LogP contribution >= 0.6 is 8.58 Å². The SMILES string of the molecule is CCPc1ccccc1CNC(C)(C)C. The van der Waals surface area contributed by atoms with Crippen molar-refractivity contribution < 1.29 is 0 Å². The number of benzene rings is 1. The molecule has 0 aliphatic heterocycles. The Kier molecular flexibility index (Phi) is 4.76. The Morgan fingerprint density at radius 3 is 2.47 bits per heavy atom. The van der Waals surface area contributed by atoms with Gasteiger partial charge >= 0.3 is 0 Å². The Labute approximate surface area is 95.5 Å². The van der Waals surface area contributed by atoms with Gasteiger partial charge in [-0.15, -0.1) is 0 Å². The first-order valence-electron chi connectivity index (χ1n) is 5.60. The van der Waals surface area contributed by atoms with Gasteiger partial charge in [-0.25, -0.2) is 0 Å². The number of hydrogen-bond acceptors (Lipinski definition) is 1. The maximum absolute atomic E-state index is 3.54. The van der Waals surface area contributed by atoms with Crippen molar-refractivity contribution in [3.05, 3.63) is 29.8 Å². The Morgan fingerprint density at radius 1 is 1.20 bits per heavy atom. The van der Waals surface area contributed by atoms with Gasteiger partial charge in [-0.05, 0) is 37.8 Å². The fourth-order valence-corrected chi connectivity index (χ4v) is 2.39. The zero-order chi connectivity index (χ0) is 11.3. The monoisotopic (exact) mass is 223 g/mol. The van der Waals surface area contributed by atoms with Crippen LogP contribution in [0, 0.1) is 0 Å². The Morgan fingerprint density at radius 2 is 1.87 bits per heavy atom. The van der Waals surface area contributed by atoms with Crippen molar-refractivity contribution in [1.29, 1.82) is 0 Å². The third-order valence-electron chi connectivity index (χ3n) is 2.19. The van der Waals surface area contributed by atoms with Crippen molar-refractivity contribution >= 4 is 13.9 Å². The van der Waals surface area contributed by atoms with E-state index in [1.165, 1.54) is 17.0 Å². The van der Waals surface area contributed by atoms with E-state index in [1.54, 1.807) is 0 Å². The average Bonchev–Trinajstić information content (AvgIpc) is 2.16. The van der Waals surface area contributed by atoms with E-state index in [0.717, 1.165) is 15.1 Å². The molecule has 0 fully saturated rings. The Balaban J connectivity index is 2.67. The van der Waals surface area contributed by atoms with E-state index < -0.39 is 0 Å². The third-order valence-corrected chi connectivity index (χ3v) is 3.42. The van der Waals surface area contributed by atoms with Crippen molar-refractivity contribution in [2.24, 2.45) is 0 Å². The first kappa shape index (κ1) is 12.7. The molecule has 84 valence electrons. The van der Waals surface area contributed by atoms with Crippen LogP contribution in [0.15, 0.2) is 24.3 Å². The molecular weight excluding hydrogens is 201 g/mol. The smallest absolute Gasteiger partial charge is 0.0216 e. The van der Waals surface area contributed by atoms with Crippen LogP contribution in [0.25, 0.3) is 0 Å². The predicted molar refractivity (Wildman–Crippen MR) is 71.5 cm³/mol. The second kappa shape index (κ2) is 5.63. The van der Waals surface area contributed by atoms with Gasteiger partial charge < -0.3 is 5.32 Å². The summed E-state index contributed by atoms with van der Waals surface area (Å²) in [6.45, 7) is 9.84. The van der Waals surface area contributed by atoms with Gasteiger partial charge in [0.25, 0.3) is 0 Å². The van der Waals surface area contributed by atoms with Crippen molar-refractivity contribution in [3.8, 4) is 0 Å². The Bertz CT molecular complexity index is 302. The molecule has 1 atom stereocenters. The molecule has 0 radical (unpaired) electrons. The van der Waals surface area contributed by atoms with Gasteiger partial charge in [-0.3, -0.25) is 0 Å². The standard InChI is InChI=1S/C13H22NP/c1-5-15-12-9-7-6-8-11(12)10-14-13(2,3)4/h6-9,14-15H,5,10H2,1-4H3. The molecule has 0 amide bonds. The lowest BCUT2D eigenvalue weighted by Gasteiger charge is -2.21. The highest BCUT2D eigenvalue weighted by atomic mass is 31.1. The van der Waals surface area contributed by atoms with Crippen molar-refractivity contribution in [3.63, 3.8) is 0 Å². The minimum atomic E-state index is 0.197. The quantitative estimate of drug-likeness (QED) is 0.774. The lowest BCUT2D eigenvalue weighted by Crippen LogP contribution is -2.36. The van der Waals surface area contributed by atoms with Crippen LogP contribution in [-0.4, -0.2) is 11.7 Å². The van der Waals surface area contributed by atoms with Gasteiger partial charge in [0.05, 0.1) is 0 Å². The molecule has 0 saturated carbocycles. The summed E-state index contributed by atoms with van der Waals surface area (Å²) >= 11 is 0. The highest BCUT2D eigenvalue weighted by Crippen LogP contribution is 2.13. The second-order valence-electron chi connectivity index (χ2n) is 4.79. The zero-order valence-corrected chi connectivity index (χ0v) is 11.2. The largest absolute Gasteiger partial charge is 0.308 e. The summed E-state index contributed by atoms with van der Waals surface area (Å²) in [7, 11) is 0.939. The minimum absolute atomic E-state index is 0.197. The molecule has 0 heterocycles. The van der Waals surface area contributed by atoms with Gasteiger partial charge in [-0.2, -0.15) is 0 Å². The minimum Gasteiger partial charge on any atom is -0.308 e. The first-order chi connectivity index (χ1) is 7.03. The van der Waals surface area contributed by atoms with Gasteiger partial charge in [0.1, 0.15) is 0 Å². The second-order valence-corrected chi connectivity index (χ2v) is 6.39. The molecule has 1 nitrogen and oxygen atoms in total. The first-order valence-corrected chi connectivity index (χ1v) is 6.80. The number of nitrogens with one attached hydrogen (secondary N) is 1. The molecule has 1 aromatic rings. The zero-order valence-electron chi connectivity index (χ0n) is 10.2. The summed E-state index contributed by atoms with van der Waals surface area (Å²) in [5.41, 5.74) is 1.65. The topological polar surface area (TPSA) is 12.0 Å². The third kappa shape index (κ3) is 4.77. The van der Waals surface area contributed by atoms with Crippen molar-refractivity contribution in [2.45, 2.75) is 39.8 Å². The van der Waals surface area contributed by atoms with Crippen LogP contribution in [0.1, 0.15) is 33.3 Å². The lowest BCUT2D eigenvalue weighted by molar-refractivity contribution is 0.425. The molecule has 0 spiro atoms. The maximum atomic E-state index is 3.54. The molecule has 1 N–H and O–H groups in total. The lowest BCUT2D eigenvalue weighted by atomic mass is 10.1. The van der Waals surface area contributed by atoms with Gasteiger partial charge in [0.15, 0.2) is 0 Å². The fourth-order valence-electron chi connectivity index (χ4n) is 1.40. The van der Waals surface area contributed by atoms with Crippen molar-refractivity contribution in [2.75, 3.05) is 6.16 Å². The average molecular weight is 223 g/mol. The van der Waals surface area contributed by atoms with Gasteiger partial charge in [0.2, 0.25) is 0 Å². The number of hydrogen-bond donors (Lipinski definition) is 1. The summed E-state index contributed by atoms with van der Waals surface area (Å²) in [6, 6.07) is 8.75. The van der Waals surface area contributed by atoms with Gasteiger partial charge in [-0.1, -0.05) is 39.8 Å². The molecule has 1 unspecified atom stereocenters. The summed E-state index contributed by atoms with van der Waals surface area (Å²) in [5, 5.41) is 5.05. The van der Waals surface area contributed by atoms with E-state index in [-0.39, 0.29) is 5.54 Å². The van der Waals surface area contributed by atoms with Crippen LogP contribution < -0.4 is 10.6 Å². The molecular formula is C13H22NP. The number of rotatable bonds is 4. The van der Waals surface area contributed by atoms with Crippen LogP contribution in [0.2, 0.25) is 0 Å². The highest BCUT2D eigenvalue weighted by molar-refractivity contribution is 7.47. The van der Waals surface area contributed by atoms with Crippen LogP contribution in [0.3, 0.4) is 0 Å². The highest BCUT2D eigenvalue weighted by Gasteiger charge is 2.09. The van der Waals surface area contributed by atoms with Crippen LogP contribution in [-0.2, 0) is 6.54 Å². The van der Waals surface area contributed by atoms with E-state index in [4.69, 9.17) is 0 Å². The van der Waals surface area contributed by atoms with E-state index >= 15 is 0 Å². The molecule has 0 aromatic heterocycles. The molecule has 0 saturated heterocycles. The Hall–Kier alpha value is -0.390. The summed E-state index contributed by atoms with van der Waals surface area (Å²) < 4.78 is 0. The normalized spacial score (nSPS) is 12.5. The molecule has 1 rings (SSSR count). The van der Waals surface area contributed by atoms with Crippen LogP contribution in [0.4, 0.5) is 0 Å². The summed E-state index contributed by atoms with van der Waals surface area (Å²) in [5.74, 6) is 0. The molecule has 0 bridgehead atoms. The van der Waals surface area contributed by atoms with E-state index in [9.17, 15) is 0 Å². The van der Waals surface area contributed by atoms with E-state index in [1.807, 2.05) is 0 Å². The fraction of sp³-hybridized carbons (Fsp3) is 0.538. The molecule has 0 aliphatic carbocycles. The van der Waals surface area contributed by atoms with Crippen LogP contribution in [0.5, 0.6) is 0 Å². The van der Waals surface area contributed by atoms with Crippen molar-refractivity contribution in [1.82, 2.24) is 5.32 Å². The van der Waals surface area contributed by atoms with E-state index in [0.29, 0.717) is 0 Å². The molecule has 2 heteroatoms. The maximum Gasteiger partial charge on any atom is 0.0216 e. The molecule has 0 aliphatic rings. The summed E-state index contributed by atoms with van der Waals surface area (Å²) in [6.07, 6.45) is 1.24. The summed E-state index contributed by atoms with van der Waals surface area (Å²) in [4.78, 5) is 0. The predicted octanol–water partition coefficient (Wildman–Crippen LogP) is 2.90.